The fraction of sp³-hybridized carbons (Fsp3) is 0.0833. The first kappa shape index (κ1) is 12.0. The van der Waals surface area contributed by atoms with E-state index in [-0.39, 0.29) is 12.2 Å². The number of hydrogen-bond donors (Lipinski definition) is 0. The van der Waals surface area contributed by atoms with Crippen molar-refractivity contribution in [3.05, 3.63) is 58.7 Å². The molecule has 0 aliphatic heterocycles. The van der Waals surface area contributed by atoms with E-state index in [9.17, 15) is 10.1 Å². The molecule has 0 fully saturated rings. The van der Waals surface area contributed by atoms with Crippen LogP contribution in [-0.4, -0.2) is 24.8 Å². The van der Waals surface area contributed by atoms with E-state index in [0.29, 0.717) is 11.7 Å². The zero-order chi connectivity index (χ0) is 13.9. The van der Waals surface area contributed by atoms with Gasteiger partial charge >= 0.3 is 5.69 Å². The van der Waals surface area contributed by atoms with Gasteiger partial charge in [0.1, 0.15) is 18.9 Å². The number of benzene rings is 1. The molecule has 8 heteroatoms. The average Bonchev–Trinajstić information content (AvgIpc) is 3.10. The predicted molar refractivity (Wildman–Crippen MR) is 67.7 cm³/mol. The molecule has 2 heterocycles. The summed E-state index contributed by atoms with van der Waals surface area (Å²) >= 11 is 0. The molecule has 0 bridgehead atoms. The third kappa shape index (κ3) is 2.39. The molecule has 1 aromatic carbocycles. The van der Waals surface area contributed by atoms with E-state index >= 15 is 0 Å². The van der Waals surface area contributed by atoms with Gasteiger partial charge < -0.3 is 4.52 Å². The van der Waals surface area contributed by atoms with Gasteiger partial charge in [0.2, 0.25) is 11.7 Å². The SMILES string of the molecule is O=[N+]([O-])c1cnn(Cc2nc(-c3ccccc3)no2)c1. The van der Waals surface area contributed by atoms with Gasteiger partial charge in [0.15, 0.2) is 0 Å². The molecule has 20 heavy (non-hydrogen) atoms. The smallest absolute Gasteiger partial charge is 0.307 e. The molecular weight excluding hydrogens is 262 g/mol. The molecule has 0 saturated carbocycles. The molecule has 0 aliphatic carbocycles. The maximum Gasteiger partial charge on any atom is 0.307 e. The highest BCUT2D eigenvalue weighted by atomic mass is 16.6. The lowest BCUT2D eigenvalue weighted by molar-refractivity contribution is -0.385. The molecule has 0 saturated heterocycles. The molecule has 3 aromatic rings. The van der Waals surface area contributed by atoms with E-state index in [1.54, 1.807) is 0 Å². The van der Waals surface area contributed by atoms with Gasteiger partial charge in [-0.05, 0) is 0 Å². The van der Waals surface area contributed by atoms with Crippen LogP contribution in [0.3, 0.4) is 0 Å². The van der Waals surface area contributed by atoms with E-state index < -0.39 is 4.92 Å². The van der Waals surface area contributed by atoms with E-state index in [2.05, 4.69) is 15.2 Å². The number of rotatable bonds is 4. The lowest BCUT2D eigenvalue weighted by Crippen LogP contribution is -2.00. The minimum Gasteiger partial charge on any atom is -0.337 e. The maximum atomic E-state index is 10.6. The second kappa shape index (κ2) is 4.92. The quantitative estimate of drug-likeness (QED) is 0.530. The van der Waals surface area contributed by atoms with Gasteiger partial charge in [0, 0.05) is 5.56 Å². The summed E-state index contributed by atoms with van der Waals surface area (Å²) in [4.78, 5) is 14.3. The van der Waals surface area contributed by atoms with Crippen LogP contribution in [0, 0.1) is 10.1 Å². The summed E-state index contributed by atoms with van der Waals surface area (Å²) < 4.78 is 6.48. The summed E-state index contributed by atoms with van der Waals surface area (Å²) in [5.74, 6) is 0.809. The molecule has 0 spiro atoms. The molecule has 3 rings (SSSR count). The molecule has 0 atom stereocenters. The van der Waals surface area contributed by atoms with Crippen LogP contribution in [0.1, 0.15) is 5.89 Å². The molecule has 0 amide bonds. The van der Waals surface area contributed by atoms with E-state index in [1.165, 1.54) is 17.1 Å². The third-order valence-electron chi connectivity index (χ3n) is 2.63. The molecule has 0 aliphatic rings. The Kier molecular flexibility index (Phi) is 2.96. The second-order valence-corrected chi connectivity index (χ2v) is 4.03. The summed E-state index contributed by atoms with van der Waals surface area (Å²) in [6, 6.07) is 9.39. The van der Waals surface area contributed by atoms with Crippen LogP contribution < -0.4 is 0 Å². The van der Waals surface area contributed by atoms with Crippen LogP contribution in [0.4, 0.5) is 5.69 Å². The maximum absolute atomic E-state index is 10.6. The van der Waals surface area contributed by atoms with Crippen LogP contribution >= 0.6 is 0 Å². The van der Waals surface area contributed by atoms with Crippen molar-refractivity contribution in [3.63, 3.8) is 0 Å². The summed E-state index contributed by atoms with van der Waals surface area (Å²) in [7, 11) is 0. The van der Waals surface area contributed by atoms with Gasteiger partial charge in [-0.25, -0.2) is 0 Å². The Morgan fingerprint density at radius 1 is 1.30 bits per heavy atom. The van der Waals surface area contributed by atoms with Crippen LogP contribution in [0.25, 0.3) is 11.4 Å². The zero-order valence-electron chi connectivity index (χ0n) is 10.2. The number of aromatic nitrogens is 4. The van der Waals surface area contributed by atoms with Crippen molar-refractivity contribution in [3.8, 4) is 11.4 Å². The van der Waals surface area contributed by atoms with Crippen molar-refractivity contribution in [2.24, 2.45) is 0 Å². The Morgan fingerprint density at radius 3 is 2.80 bits per heavy atom. The molecule has 0 radical (unpaired) electrons. The lowest BCUT2D eigenvalue weighted by atomic mass is 10.2. The van der Waals surface area contributed by atoms with Gasteiger partial charge in [-0.1, -0.05) is 35.5 Å². The highest BCUT2D eigenvalue weighted by molar-refractivity contribution is 5.53. The van der Waals surface area contributed by atoms with Crippen LogP contribution in [-0.2, 0) is 6.54 Å². The molecule has 8 nitrogen and oxygen atoms in total. The monoisotopic (exact) mass is 271 g/mol. The van der Waals surface area contributed by atoms with Crippen LogP contribution in [0.5, 0.6) is 0 Å². The highest BCUT2D eigenvalue weighted by Gasteiger charge is 2.12. The summed E-state index contributed by atoms with van der Waals surface area (Å²) in [5.41, 5.74) is 0.766. The van der Waals surface area contributed by atoms with Gasteiger partial charge in [0.05, 0.1) is 4.92 Å². The van der Waals surface area contributed by atoms with E-state index in [1.807, 2.05) is 30.3 Å². The molecule has 0 unspecified atom stereocenters. The van der Waals surface area contributed by atoms with Crippen LogP contribution in [0.15, 0.2) is 47.2 Å². The van der Waals surface area contributed by atoms with Crippen molar-refractivity contribution < 1.29 is 9.45 Å². The minimum atomic E-state index is -0.507. The Hall–Kier alpha value is -3.03. The van der Waals surface area contributed by atoms with Gasteiger partial charge in [-0.2, -0.15) is 10.1 Å². The number of nitro groups is 1. The first-order chi connectivity index (χ1) is 9.72. The van der Waals surface area contributed by atoms with Crippen molar-refractivity contribution in [1.29, 1.82) is 0 Å². The first-order valence-corrected chi connectivity index (χ1v) is 5.77. The van der Waals surface area contributed by atoms with Crippen molar-refractivity contribution in [1.82, 2.24) is 19.9 Å². The first-order valence-electron chi connectivity index (χ1n) is 5.77. The Balaban J connectivity index is 1.78. The summed E-state index contributed by atoms with van der Waals surface area (Å²) in [6.07, 6.45) is 2.49. The predicted octanol–water partition coefficient (Wildman–Crippen LogP) is 1.89. The van der Waals surface area contributed by atoms with E-state index in [0.717, 1.165) is 5.56 Å². The fourth-order valence-corrected chi connectivity index (χ4v) is 1.70. The Labute approximate surface area is 112 Å². The van der Waals surface area contributed by atoms with E-state index in [4.69, 9.17) is 4.52 Å². The largest absolute Gasteiger partial charge is 0.337 e. The fourth-order valence-electron chi connectivity index (χ4n) is 1.70. The van der Waals surface area contributed by atoms with Crippen LogP contribution in [0.2, 0.25) is 0 Å². The molecule has 2 aromatic heterocycles. The third-order valence-corrected chi connectivity index (χ3v) is 2.63. The van der Waals surface area contributed by atoms with Gasteiger partial charge in [-0.15, -0.1) is 0 Å². The van der Waals surface area contributed by atoms with Crippen molar-refractivity contribution in [2.45, 2.75) is 6.54 Å². The lowest BCUT2D eigenvalue weighted by Gasteiger charge is -1.93. The molecular formula is C12H9N5O3. The van der Waals surface area contributed by atoms with Gasteiger partial charge in [0.25, 0.3) is 0 Å². The van der Waals surface area contributed by atoms with Crippen molar-refractivity contribution in [2.75, 3.05) is 0 Å². The standard InChI is InChI=1S/C12H9N5O3/c18-17(19)10-6-13-16(7-10)8-11-14-12(15-20-11)9-4-2-1-3-5-9/h1-7H,8H2. The topological polar surface area (TPSA) is 99.9 Å². The zero-order valence-corrected chi connectivity index (χ0v) is 10.2. The normalized spacial score (nSPS) is 10.6. The molecule has 100 valence electrons. The highest BCUT2D eigenvalue weighted by Crippen LogP contribution is 2.15. The summed E-state index contributed by atoms with van der Waals surface area (Å²) in [6.45, 7) is 0.188. The minimum absolute atomic E-state index is 0.0761. The number of nitrogens with zero attached hydrogens (tertiary/aromatic N) is 5. The van der Waals surface area contributed by atoms with Gasteiger partial charge in [-0.3, -0.25) is 14.8 Å². The number of hydrogen-bond acceptors (Lipinski definition) is 6. The Morgan fingerprint density at radius 2 is 2.10 bits per heavy atom. The Bertz CT molecular complexity index is 734. The van der Waals surface area contributed by atoms with Crippen molar-refractivity contribution >= 4 is 5.69 Å². The summed E-state index contributed by atoms with van der Waals surface area (Å²) in [5, 5.41) is 18.3. The molecule has 0 N–H and O–H groups in total. The second-order valence-electron chi connectivity index (χ2n) is 4.03. The average molecular weight is 271 g/mol.